The lowest BCUT2D eigenvalue weighted by Crippen LogP contribution is -2.40. The van der Waals surface area contributed by atoms with E-state index in [2.05, 4.69) is 12.1 Å². The zero-order valence-electron chi connectivity index (χ0n) is 21.8. The van der Waals surface area contributed by atoms with Gasteiger partial charge in [0.1, 0.15) is 0 Å². The molecule has 3 amide bonds. The summed E-state index contributed by atoms with van der Waals surface area (Å²) >= 11 is 0. The van der Waals surface area contributed by atoms with Crippen LogP contribution in [0.1, 0.15) is 66.9 Å². The molecule has 196 valence electrons. The van der Waals surface area contributed by atoms with Gasteiger partial charge in [0, 0.05) is 36.9 Å². The summed E-state index contributed by atoms with van der Waals surface area (Å²) in [4.78, 5) is 41.8. The first-order chi connectivity index (χ1) is 17.8. The van der Waals surface area contributed by atoms with Crippen LogP contribution in [0.5, 0.6) is 0 Å². The molecule has 0 bridgehead atoms. The first-order valence-electron chi connectivity index (χ1n) is 13.1. The Morgan fingerprint density at radius 1 is 1.11 bits per heavy atom. The summed E-state index contributed by atoms with van der Waals surface area (Å²) in [5.74, 6) is -0.403. The van der Waals surface area contributed by atoms with Crippen molar-refractivity contribution in [1.82, 2.24) is 9.80 Å². The summed E-state index contributed by atoms with van der Waals surface area (Å²) < 4.78 is 4.97. The number of fused-ring (bicyclic) bond motifs is 3. The normalized spacial score (nSPS) is 19.9. The number of nitrogens with zero attached hydrogens (tertiary/aromatic N) is 2. The molecule has 1 aliphatic carbocycles. The van der Waals surface area contributed by atoms with Gasteiger partial charge in [0.25, 0.3) is 5.91 Å². The van der Waals surface area contributed by atoms with Gasteiger partial charge in [-0.05, 0) is 67.5 Å². The van der Waals surface area contributed by atoms with E-state index in [0.717, 1.165) is 35.1 Å². The molecule has 8 heteroatoms. The SMILES string of the molecule is CCN(CC)C(=O)c1cccc(-c2ccc3c(c2)C[C@@H]2[C@@H]3[C@H](CCCCC(=N)N)C(=O)N2C(=O)OC)c1. The molecule has 1 fully saturated rings. The number of nitrogens with two attached hydrogens (primary N) is 1. The molecule has 2 aromatic carbocycles. The van der Waals surface area contributed by atoms with Crippen molar-refractivity contribution in [1.29, 1.82) is 5.41 Å². The highest BCUT2D eigenvalue weighted by atomic mass is 16.5. The number of nitrogens with one attached hydrogen (secondary N) is 1. The van der Waals surface area contributed by atoms with E-state index >= 15 is 0 Å². The quantitative estimate of drug-likeness (QED) is 0.295. The zero-order chi connectivity index (χ0) is 26.7. The van der Waals surface area contributed by atoms with Crippen molar-refractivity contribution in [3.05, 3.63) is 59.2 Å². The number of unbranched alkanes of at least 4 members (excludes halogenated alkanes) is 1. The Morgan fingerprint density at radius 2 is 1.84 bits per heavy atom. The van der Waals surface area contributed by atoms with E-state index in [-0.39, 0.29) is 35.5 Å². The number of imide groups is 1. The van der Waals surface area contributed by atoms with E-state index in [1.807, 2.05) is 44.2 Å². The first-order valence-corrected chi connectivity index (χ1v) is 13.1. The Bertz CT molecular complexity index is 1210. The third-order valence-electron chi connectivity index (χ3n) is 7.74. The summed E-state index contributed by atoms with van der Waals surface area (Å²) in [7, 11) is 1.30. The smallest absolute Gasteiger partial charge is 0.416 e. The van der Waals surface area contributed by atoms with Gasteiger partial charge >= 0.3 is 6.09 Å². The molecule has 2 aromatic rings. The van der Waals surface area contributed by atoms with Crippen molar-refractivity contribution in [3.63, 3.8) is 0 Å². The average molecular weight is 505 g/mol. The number of carbonyl (C=O) groups excluding carboxylic acids is 3. The second kappa shape index (κ2) is 11.2. The minimum Gasteiger partial charge on any atom is -0.452 e. The van der Waals surface area contributed by atoms with Crippen molar-refractivity contribution in [3.8, 4) is 11.1 Å². The molecule has 1 aliphatic heterocycles. The van der Waals surface area contributed by atoms with Gasteiger partial charge in [0.15, 0.2) is 0 Å². The van der Waals surface area contributed by atoms with E-state index < -0.39 is 6.09 Å². The first kappa shape index (κ1) is 26.4. The predicted octanol–water partition coefficient (Wildman–Crippen LogP) is 4.57. The topological polar surface area (TPSA) is 117 Å². The molecule has 2 aliphatic rings. The maximum absolute atomic E-state index is 13.3. The van der Waals surface area contributed by atoms with Crippen LogP contribution in [0.2, 0.25) is 0 Å². The molecule has 0 saturated carbocycles. The van der Waals surface area contributed by atoms with E-state index in [9.17, 15) is 14.4 Å². The minimum absolute atomic E-state index is 0.0161. The summed E-state index contributed by atoms with van der Waals surface area (Å²) in [6.45, 7) is 5.27. The number of amidine groups is 1. The number of methoxy groups -OCH3 is 1. The highest BCUT2D eigenvalue weighted by Crippen LogP contribution is 2.49. The van der Waals surface area contributed by atoms with Crippen LogP contribution in [0.25, 0.3) is 11.1 Å². The van der Waals surface area contributed by atoms with Crippen molar-refractivity contribution in [2.75, 3.05) is 20.2 Å². The standard InChI is InChI=1S/C29H36N4O4/c1-4-32(5-2)27(34)20-10-8-9-18(15-20)19-13-14-22-21(16-19)17-24-26(22)23(11-6-7-12-25(30)31)28(35)33(24)29(36)37-3/h8-10,13-16,23-24,26H,4-7,11-12,17H2,1-3H3,(H3,30,31)/t23-,24+,26-/m0/s1. The highest BCUT2D eigenvalue weighted by Gasteiger charge is 2.54. The van der Waals surface area contributed by atoms with Crippen LogP contribution in [-0.2, 0) is 16.0 Å². The molecule has 4 rings (SSSR count). The van der Waals surface area contributed by atoms with Crippen LogP contribution in [0.15, 0.2) is 42.5 Å². The van der Waals surface area contributed by atoms with Gasteiger partial charge in [-0.1, -0.05) is 36.8 Å². The van der Waals surface area contributed by atoms with Gasteiger partial charge in [-0.3, -0.25) is 15.0 Å². The lowest BCUT2D eigenvalue weighted by Gasteiger charge is -2.20. The third kappa shape index (κ3) is 5.10. The van der Waals surface area contributed by atoms with E-state index in [0.29, 0.717) is 37.9 Å². The lowest BCUT2D eigenvalue weighted by molar-refractivity contribution is -0.130. The molecule has 3 atom stereocenters. The Balaban J connectivity index is 1.62. The largest absolute Gasteiger partial charge is 0.452 e. The molecule has 3 N–H and O–H groups in total. The fourth-order valence-electron chi connectivity index (χ4n) is 5.91. The Hall–Kier alpha value is -3.68. The van der Waals surface area contributed by atoms with Gasteiger partial charge in [-0.25, -0.2) is 9.69 Å². The molecular formula is C29H36N4O4. The fourth-order valence-corrected chi connectivity index (χ4v) is 5.91. The van der Waals surface area contributed by atoms with Crippen LogP contribution in [0.4, 0.5) is 4.79 Å². The summed E-state index contributed by atoms with van der Waals surface area (Å²) in [5.41, 5.74) is 10.3. The molecule has 8 nitrogen and oxygen atoms in total. The maximum Gasteiger partial charge on any atom is 0.416 e. The number of rotatable bonds is 9. The summed E-state index contributed by atoms with van der Waals surface area (Å²) in [5, 5.41) is 7.44. The van der Waals surface area contributed by atoms with Crippen LogP contribution in [0, 0.1) is 11.3 Å². The van der Waals surface area contributed by atoms with Crippen LogP contribution >= 0.6 is 0 Å². The number of hydrogen-bond donors (Lipinski definition) is 2. The lowest BCUT2D eigenvalue weighted by atomic mass is 9.84. The number of likely N-dealkylation sites (tertiary alicyclic amines) is 1. The second-order valence-corrected chi connectivity index (χ2v) is 9.82. The Kier molecular flexibility index (Phi) is 7.95. The number of amides is 3. The van der Waals surface area contributed by atoms with Gasteiger partial charge in [-0.2, -0.15) is 0 Å². The molecule has 37 heavy (non-hydrogen) atoms. The monoisotopic (exact) mass is 504 g/mol. The average Bonchev–Trinajstić information content (AvgIpc) is 3.39. The summed E-state index contributed by atoms with van der Waals surface area (Å²) in [6, 6.07) is 13.7. The molecule has 1 heterocycles. The highest BCUT2D eigenvalue weighted by molar-refractivity contribution is 5.97. The molecular weight excluding hydrogens is 468 g/mol. The van der Waals surface area contributed by atoms with Gasteiger partial charge in [0.2, 0.25) is 5.91 Å². The van der Waals surface area contributed by atoms with Crippen LogP contribution in [-0.4, -0.2) is 59.8 Å². The number of benzene rings is 2. The molecule has 0 spiro atoms. The van der Waals surface area contributed by atoms with E-state index in [1.165, 1.54) is 12.0 Å². The van der Waals surface area contributed by atoms with Crippen molar-refractivity contribution < 1.29 is 19.1 Å². The molecule has 0 unspecified atom stereocenters. The van der Waals surface area contributed by atoms with Crippen molar-refractivity contribution >= 4 is 23.7 Å². The summed E-state index contributed by atoms with van der Waals surface area (Å²) in [6.07, 6.45) is 2.61. The number of ether oxygens (including phenoxy) is 1. The maximum atomic E-state index is 13.3. The molecule has 0 aromatic heterocycles. The Labute approximate surface area is 218 Å². The van der Waals surface area contributed by atoms with Crippen LogP contribution in [0.3, 0.4) is 0 Å². The van der Waals surface area contributed by atoms with Gasteiger partial charge in [0.05, 0.1) is 19.0 Å². The molecule has 1 saturated heterocycles. The minimum atomic E-state index is -0.609. The van der Waals surface area contributed by atoms with Gasteiger partial charge in [-0.15, -0.1) is 0 Å². The van der Waals surface area contributed by atoms with Crippen molar-refractivity contribution in [2.24, 2.45) is 11.7 Å². The molecule has 0 radical (unpaired) electrons. The predicted molar refractivity (Wildman–Crippen MR) is 142 cm³/mol. The zero-order valence-corrected chi connectivity index (χ0v) is 21.8. The van der Waals surface area contributed by atoms with E-state index in [1.54, 1.807) is 4.90 Å². The fraction of sp³-hybridized carbons (Fsp3) is 0.448. The number of carbonyl (C=O) groups is 3. The van der Waals surface area contributed by atoms with Crippen LogP contribution < -0.4 is 5.73 Å². The van der Waals surface area contributed by atoms with Gasteiger partial charge < -0.3 is 15.4 Å². The Morgan fingerprint density at radius 3 is 2.51 bits per heavy atom. The number of hydrogen-bond acceptors (Lipinski definition) is 5. The van der Waals surface area contributed by atoms with E-state index in [4.69, 9.17) is 15.9 Å². The third-order valence-corrected chi connectivity index (χ3v) is 7.74. The second-order valence-electron chi connectivity index (χ2n) is 9.82. The van der Waals surface area contributed by atoms with Crippen molar-refractivity contribution in [2.45, 2.75) is 57.9 Å².